The monoisotopic (exact) mass is 748 g/mol. The van der Waals surface area contributed by atoms with Crippen LogP contribution < -0.4 is 22.1 Å². The molecule has 52 heavy (non-hydrogen) atoms. The molecule has 0 aliphatic carbocycles. The van der Waals surface area contributed by atoms with E-state index in [2.05, 4.69) is 10.6 Å². The van der Waals surface area contributed by atoms with Gasteiger partial charge in [0.2, 0.25) is 11.8 Å². The van der Waals surface area contributed by atoms with Crippen molar-refractivity contribution >= 4 is 56.2 Å². The molecule has 4 aromatic rings. The molecule has 0 aliphatic rings. The van der Waals surface area contributed by atoms with Crippen molar-refractivity contribution in [3.8, 4) is 0 Å². The van der Waals surface area contributed by atoms with Crippen LogP contribution in [0.5, 0.6) is 0 Å². The molecule has 14 nitrogen and oxygen atoms in total. The zero-order valence-corrected chi connectivity index (χ0v) is 29.6. The molecule has 274 valence electrons. The Morgan fingerprint density at radius 1 is 0.596 bits per heavy atom. The minimum absolute atomic E-state index is 0.0509. The van der Waals surface area contributed by atoms with Gasteiger partial charge >= 0.3 is 0 Å². The molecule has 16 heteroatoms. The fourth-order valence-corrected chi connectivity index (χ4v) is 7.08. The number of nitrogens with two attached hydrogens (primary N) is 2. The third kappa shape index (κ3) is 12.4. The van der Waals surface area contributed by atoms with Gasteiger partial charge in [-0.1, -0.05) is 70.1 Å². The second-order valence-corrected chi connectivity index (χ2v) is 14.6. The summed E-state index contributed by atoms with van der Waals surface area (Å²) in [4.78, 5) is 45.5. The Morgan fingerprint density at radius 3 is 1.23 bits per heavy atom. The van der Waals surface area contributed by atoms with Crippen LogP contribution in [0.2, 0.25) is 0 Å². The van der Waals surface area contributed by atoms with Crippen molar-refractivity contribution < 1.29 is 29.6 Å². The SMILES string of the molecule is NC(c1ccc([N+](=O)[O-])cc1)C(O)Cc1ccc(NC(=O)CCSSCCC(=O)Nc2ccc(CC(O)C(N)c3ccc([N+](=O)[O-])cc3)cc2)cc1. The average molecular weight is 749 g/mol. The molecule has 0 bridgehead atoms. The van der Waals surface area contributed by atoms with Crippen LogP contribution in [-0.2, 0) is 22.4 Å². The number of benzene rings is 4. The molecule has 4 rings (SSSR count). The fraction of sp³-hybridized carbons (Fsp3) is 0.278. The van der Waals surface area contributed by atoms with E-state index in [1.165, 1.54) is 70.1 Å². The highest BCUT2D eigenvalue weighted by Gasteiger charge is 2.20. The molecular formula is C36H40N6O8S2. The Bertz CT molecular complexity index is 1660. The molecule has 0 radical (unpaired) electrons. The highest BCUT2D eigenvalue weighted by atomic mass is 33.1. The Labute approximate surface area is 308 Å². The number of anilines is 2. The van der Waals surface area contributed by atoms with E-state index in [9.17, 15) is 40.0 Å². The van der Waals surface area contributed by atoms with Crippen LogP contribution in [0.15, 0.2) is 97.1 Å². The van der Waals surface area contributed by atoms with Gasteiger partial charge in [0.1, 0.15) is 0 Å². The molecular weight excluding hydrogens is 709 g/mol. The van der Waals surface area contributed by atoms with Crippen molar-refractivity contribution in [1.29, 1.82) is 0 Å². The van der Waals surface area contributed by atoms with E-state index in [-0.39, 0.29) is 48.9 Å². The number of aliphatic hydroxyl groups is 2. The lowest BCUT2D eigenvalue weighted by molar-refractivity contribution is -0.385. The van der Waals surface area contributed by atoms with Gasteiger partial charge in [0.05, 0.1) is 34.1 Å². The highest BCUT2D eigenvalue weighted by molar-refractivity contribution is 8.76. The summed E-state index contributed by atoms with van der Waals surface area (Å²) in [5.74, 6) is 0.819. The minimum Gasteiger partial charge on any atom is -0.391 e. The van der Waals surface area contributed by atoms with E-state index in [4.69, 9.17) is 11.5 Å². The Hall–Kier alpha value is -4.84. The first kappa shape index (κ1) is 39.9. The maximum atomic E-state index is 12.4. The first-order chi connectivity index (χ1) is 24.9. The lowest BCUT2D eigenvalue weighted by Crippen LogP contribution is -2.28. The van der Waals surface area contributed by atoms with Gasteiger partial charge in [-0.2, -0.15) is 0 Å². The summed E-state index contributed by atoms with van der Waals surface area (Å²) in [6, 6.07) is 24.2. The van der Waals surface area contributed by atoms with Gasteiger partial charge < -0.3 is 32.3 Å². The second kappa shape index (κ2) is 19.7. The van der Waals surface area contributed by atoms with Crippen molar-refractivity contribution in [3.05, 3.63) is 140 Å². The fourth-order valence-electron chi connectivity index (χ4n) is 5.10. The zero-order chi connectivity index (χ0) is 37.6. The average Bonchev–Trinajstić information content (AvgIpc) is 3.14. The maximum Gasteiger partial charge on any atom is 0.269 e. The third-order valence-electron chi connectivity index (χ3n) is 8.08. The maximum absolute atomic E-state index is 12.4. The van der Waals surface area contributed by atoms with Gasteiger partial charge in [0, 0.05) is 72.8 Å². The number of nitro benzene ring substituents is 2. The van der Waals surface area contributed by atoms with Crippen molar-refractivity contribution in [1.82, 2.24) is 0 Å². The molecule has 4 aromatic carbocycles. The molecule has 8 N–H and O–H groups in total. The summed E-state index contributed by atoms with van der Waals surface area (Å²) in [5.41, 5.74) is 16.2. The number of aliphatic hydroxyl groups excluding tert-OH is 2. The van der Waals surface area contributed by atoms with E-state index in [0.29, 0.717) is 34.0 Å². The number of nitro groups is 2. The van der Waals surface area contributed by atoms with Gasteiger partial charge in [-0.25, -0.2) is 0 Å². The molecule has 0 spiro atoms. The number of amides is 2. The van der Waals surface area contributed by atoms with Gasteiger partial charge in [-0.05, 0) is 46.5 Å². The lowest BCUT2D eigenvalue weighted by Gasteiger charge is -2.19. The van der Waals surface area contributed by atoms with Gasteiger partial charge in [0.25, 0.3) is 11.4 Å². The van der Waals surface area contributed by atoms with Crippen LogP contribution in [-0.4, -0.2) is 55.6 Å². The highest BCUT2D eigenvalue weighted by Crippen LogP contribution is 2.25. The molecule has 0 saturated heterocycles. The number of carbonyl (C=O) groups excluding carboxylic acids is 2. The first-order valence-electron chi connectivity index (χ1n) is 16.3. The molecule has 0 aliphatic heterocycles. The summed E-state index contributed by atoms with van der Waals surface area (Å²) in [6.45, 7) is 0. The van der Waals surface area contributed by atoms with Crippen LogP contribution in [0.25, 0.3) is 0 Å². The molecule has 2 amide bonds. The van der Waals surface area contributed by atoms with E-state index >= 15 is 0 Å². The topological polar surface area (TPSA) is 237 Å². The molecule has 0 heterocycles. The molecule has 4 unspecified atom stereocenters. The number of hydrogen-bond donors (Lipinski definition) is 6. The quantitative estimate of drug-likeness (QED) is 0.0304. The van der Waals surface area contributed by atoms with Gasteiger partial charge in [-0.3, -0.25) is 29.8 Å². The predicted octanol–water partition coefficient (Wildman–Crippen LogP) is 5.45. The Balaban J connectivity index is 1.08. The molecule has 4 atom stereocenters. The zero-order valence-electron chi connectivity index (χ0n) is 28.0. The predicted molar refractivity (Wildman–Crippen MR) is 204 cm³/mol. The van der Waals surface area contributed by atoms with E-state index < -0.39 is 34.1 Å². The van der Waals surface area contributed by atoms with Crippen molar-refractivity contribution in [2.45, 2.75) is 50.0 Å². The summed E-state index contributed by atoms with van der Waals surface area (Å²) in [7, 11) is 3.00. The molecule has 0 aromatic heterocycles. The number of nitrogens with zero attached hydrogens (tertiary/aromatic N) is 2. The number of rotatable bonds is 19. The second-order valence-electron chi connectivity index (χ2n) is 11.9. The van der Waals surface area contributed by atoms with Crippen molar-refractivity contribution in [2.75, 3.05) is 22.1 Å². The number of nitrogens with one attached hydrogen (secondary N) is 2. The van der Waals surface area contributed by atoms with E-state index in [0.717, 1.165) is 11.1 Å². The van der Waals surface area contributed by atoms with Crippen LogP contribution in [0.1, 0.15) is 47.2 Å². The summed E-state index contributed by atoms with van der Waals surface area (Å²) in [6.07, 6.45) is -0.722. The Morgan fingerprint density at radius 2 is 0.923 bits per heavy atom. The van der Waals surface area contributed by atoms with Gasteiger partial charge in [-0.15, -0.1) is 0 Å². The number of hydrogen-bond acceptors (Lipinski definition) is 12. The van der Waals surface area contributed by atoms with E-state index in [1.807, 2.05) is 0 Å². The summed E-state index contributed by atoms with van der Waals surface area (Å²) >= 11 is 0. The first-order valence-corrected chi connectivity index (χ1v) is 18.8. The van der Waals surface area contributed by atoms with Crippen LogP contribution in [0, 0.1) is 20.2 Å². The summed E-state index contributed by atoms with van der Waals surface area (Å²) in [5, 5.41) is 48.6. The third-order valence-corrected chi connectivity index (χ3v) is 10.5. The number of non-ortho nitro benzene ring substituents is 2. The van der Waals surface area contributed by atoms with Crippen LogP contribution >= 0.6 is 21.6 Å². The van der Waals surface area contributed by atoms with Crippen LogP contribution in [0.4, 0.5) is 22.7 Å². The Kier molecular flexibility index (Phi) is 15.1. The molecule has 0 fully saturated rings. The normalized spacial score (nSPS) is 13.4. The van der Waals surface area contributed by atoms with Crippen LogP contribution in [0.3, 0.4) is 0 Å². The lowest BCUT2D eigenvalue weighted by atomic mass is 9.96. The van der Waals surface area contributed by atoms with Crippen molar-refractivity contribution in [3.63, 3.8) is 0 Å². The standard InChI is InChI=1S/C36H40N6O8S2/c37-35(25-5-13-29(14-6-25)41(47)48)31(43)21-23-1-9-27(10-2-23)39-33(45)17-19-51-52-20-18-34(46)40-28-11-3-24(4-12-28)22-32(44)36(38)26-7-15-30(16-8-26)42(49)50/h1-16,31-32,35-36,43-44H,17-22,37-38H2,(H,39,45)(H,40,46). The minimum atomic E-state index is -0.911. The largest absolute Gasteiger partial charge is 0.391 e. The van der Waals surface area contributed by atoms with E-state index in [1.54, 1.807) is 48.5 Å². The van der Waals surface area contributed by atoms with Crippen molar-refractivity contribution in [2.24, 2.45) is 11.5 Å². The molecule has 0 saturated carbocycles. The summed E-state index contributed by atoms with van der Waals surface area (Å²) < 4.78 is 0. The van der Waals surface area contributed by atoms with Gasteiger partial charge in [0.15, 0.2) is 0 Å². The number of carbonyl (C=O) groups is 2. The smallest absolute Gasteiger partial charge is 0.269 e.